The highest BCUT2D eigenvalue weighted by molar-refractivity contribution is 8.27. The number of anilines is 1. The molecule has 1 amide bonds. The minimum Gasteiger partial charge on any atom is -0.494 e. The van der Waals surface area contributed by atoms with Gasteiger partial charge < -0.3 is 9.15 Å². The number of nitro groups is 1. The summed E-state index contributed by atoms with van der Waals surface area (Å²) in [4.78, 5) is 25.2. The number of nitro benzene ring substituents is 1. The van der Waals surface area contributed by atoms with Crippen LogP contribution in [0.2, 0.25) is 0 Å². The third kappa shape index (κ3) is 4.37. The number of benzene rings is 2. The Bertz CT molecular complexity index is 1180. The lowest BCUT2D eigenvalue weighted by atomic mass is 10.1. The zero-order valence-electron chi connectivity index (χ0n) is 16.3. The lowest BCUT2D eigenvalue weighted by molar-refractivity contribution is -0.384. The molecule has 0 saturated carbocycles. The van der Waals surface area contributed by atoms with Crippen LogP contribution in [0.4, 0.5) is 11.4 Å². The number of hydrogen-bond donors (Lipinski definition) is 0. The second-order valence-electron chi connectivity index (χ2n) is 6.45. The summed E-state index contributed by atoms with van der Waals surface area (Å²) < 4.78 is 11.7. The molecule has 1 aliphatic heterocycles. The third-order valence-electron chi connectivity index (χ3n) is 4.46. The molecule has 156 valence electrons. The molecule has 0 radical (unpaired) electrons. The van der Waals surface area contributed by atoms with Crippen molar-refractivity contribution in [3.63, 3.8) is 0 Å². The Balaban J connectivity index is 1.54. The minimum atomic E-state index is -0.455. The molecule has 0 aliphatic carbocycles. The first-order valence-electron chi connectivity index (χ1n) is 9.31. The first-order chi connectivity index (χ1) is 15.0. The number of amides is 1. The second kappa shape index (κ2) is 8.75. The minimum absolute atomic E-state index is 0.00786. The molecule has 9 heteroatoms. The molecule has 4 rings (SSSR count). The van der Waals surface area contributed by atoms with E-state index in [0.717, 1.165) is 5.75 Å². The molecule has 2 aromatic carbocycles. The quantitative estimate of drug-likeness (QED) is 0.206. The van der Waals surface area contributed by atoms with E-state index in [1.807, 2.05) is 6.92 Å². The van der Waals surface area contributed by atoms with Crippen LogP contribution in [0.3, 0.4) is 0 Å². The van der Waals surface area contributed by atoms with E-state index in [4.69, 9.17) is 21.4 Å². The first kappa shape index (κ1) is 20.8. The Morgan fingerprint density at radius 3 is 2.48 bits per heavy atom. The molecule has 1 saturated heterocycles. The molecule has 0 unspecified atom stereocenters. The number of thioether (sulfide) groups is 1. The fraction of sp³-hybridized carbons (Fsp3) is 0.0909. The summed E-state index contributed by atoms with van der Waals surface area (Å²) in [6.45, 7) is 2.47. The maximum Gasteiger partial charge on any atom is 0.270 e. The highest BCUT2D eigenvalue weighted by Crippen LogP contribution is 2.37. The van der Waals surface area contributed by atoms with E-state index in [1.165, 1.54) is 28.8 Å². The topological polar surface area (TPSA) is 85.8 Å². The van der Waals surface area contributed by atoms with Gasteiger partial charge in [0.15, 0.2) is 4.32 Å². The lowest BCUT2D eigenvalue weighted by Gasteiger charge is -2.15. The molecular formula is C22H16N2O5S2. The van der Waals surface area contributed by atoms with E-state index in [9.17, 15) is 14.9 Å². The van der Waals surface area contributed by atoms with Gasteiger partial charge in [0.05, 0.1) is 22.1 Å². The second-order valence-corrected chi connectivity index (χ2v) is 8.13. The van der Waals surface area contributed by atoms with Crippen molar-refractivity contribution < 1.29 is 18.9 Å². The standard InChI is InChI=1S/C22H16N2O5S2/c1-2-28-17-9-7-15(8-10-17)23-21(25)20(31-22(23)30)13-18-11-12-19(29-18)14-3-5-16(6-4-14)24(26)27/h3-13H,2H2,1H3/b20-13-. The Labute approximate surface area is 187 Å². The van der Waals surface area contributed by atoms with Crippen molar-refractivity contribution in [1.82, 2.24) is 0 Å². The van der Waals surface area contributed by atoms with Gasteiger partial charge in [0.25, 0.3) is 11.6 Å². The Morgan fingerprint density at radius 1 is 1.13 bits per heavy atom. The summed E-state index contributed by atoms with van der Waals surface area (Å²) in [5, 5.41) is 10.8. The van der Waals surface area contributed by atoms with Crippen molar-refractivity contribution in [1.29, 1.82) is 0 Å². The number of ether oxygens (including phenoxy) is 1. The van der Waals surface area contributed by atoms with Crippen molar-refractivity contribution in [3.8, 4) is 17.1 Å². The normalized spacial score (nSPS) is 15.0. The van der Waals surface area contributed by atoms with Crippen LogP contribution in [-0.4, -0.2) is 21.8 Å². The Hall–Kier alpha value is -3.43. The van der Waals surface area contributed by atoms with Crippen molar-refractivity contribution in [3.05, 3.63) is 81.4 Å². The molecule has 0 atom stereocenters. The smallest absolute Gasteiger partial charge is 0.270 e. The number of carbonyl (C=O) groups is 1. The van der Waals surface area contributed by atoms with Crippen LogP contribution in [-0.2, 0) is 4.79 Å². The van der Waals surface area contributed by atoms with E-state index in [-0.39, 0.29) is 11.6 Å². The number of furan rings is 1. The fourth-order valence-electron chi connectivity index (χ4n) is 3.01. The van der Waals surface area contributed by atoms with Crippen LogP contribution >= 0.6 is 24.0 Å². The van der Waals surface area contributed by atoms with E-state index in [1.54, 1.807) is 54.6 Å². The van der Waals surface area contributed by atoms with Crippen molar-refractivity contribution in [2.24, 2.45) is 0 Å². The van der Waals surface area contributed by atoms with Gasteiger partial charge in [-0.1, -0.05) is 24.0 Å². The first-order valence-corrected chi connectivity index (χ1v) is 10.5. The van der Waals surface area contributed by atoms with Gasteiger partial charge in [-0.3, -0.25) is 19.8 Å². The predicted octanol–water partition coefficient (Wildman–Crippen LogP) is 5.66. The van der Waals surface area contributed by atoms with Crippen LogP contribution in [0.25, 0.3) is 17.4 Å². The third-order valence-corrected chi connectivity index (χ3v) is 5.76. The monoisotopic (exact) mass is 452 g/mol. The highest BCUT2D eigenvalue weighted by Gasteiger charge is 2.33. The maximum atomic E-state index is 12.9. The molecule has 0 spiro atoms. The van der Waals surface area contributed by atoms with Gasteiger partial charge in [0.1, 0.15) is 17.3 Å². The van der Waals surface area contributed by atoms with Gasteiger partial charge in [-0.15, -0.1) is 0 Å². The van der Waals surface area contributed by atoms with Crippen LogP contribution < -0.4 is 9.64 Å². The van der Waals surface area contributed by atoms with Crippen LogP contribution in [0.15, 0.2) is 70.0 Å². The molecule has 0 bridgehead atoms. The molecular weight excluding hydrogens is 436 g/mol. The van der Waals surface area contributed by atoms with E-state index >= 15 is 0 Å². The predicted molar refractivity (Wildman–Crippen MR) is 124 cm³/mol. The summed E-state index contributed by atoms with van der Waals surface area (Å²) in [6.07, 6.45) is 1.64. The van der Waals surface area contributed by atoms with Crippen LogP contribution in [0.1, 0.15) is 12.7 Å². The molecule has 1 fully saturated rings. The molecule has 2 heterocycles. The van der Waals surface area contributed by atoms with E-state index < -0.39 is 4.92 Å². The highest BCUT2D eigenvalue weighted by atomic mass is 32.2. The lowest BCUT2D eigenvalue weighted by Crippen LogP contribution is -2.27. The number of thiocarbonyl (C=S) groups is 1. The number of non-ortho nitro benzene ring substituents is 1. The van der Waals surface area contributed by atoms with Gasteiger partial charge in [0.2, 0.25) is 0 Å². The van der Waals surface area contributed by atoms with Gasteiger partial charge >= 0.3 is 0 Å². The maximum absolute atomic E-state index is 12.9. The number of rotatable bonds is 6. The summed E-state index contributed by atoms with van der Waals surface area (Å²) in [6, 6.07) is 16.7. The number of hydrogen-bond acceptors (Lipinski definition) is 7. The number of nitrogens with zero attached hydrogens (tertiary/aromatic N) is 2. The molecule has 1 aromatic heterocycles. The largest absolute Gasteiger partial charge is 0.494 e. The van der Waals surface area contributed by atoms with Crippen LogP contribution in [0.5, 0.6) is 5.75 Å². The zero-order valence-corrected chi connectivity index (χ0v) is 17.9. The van der Waals surface area contributed by atoms with E-state index in [2.05, 4.69) is 0 Å². The summed E-state index contributed by atoms with van der Waals surface area (Å²) in [5.41, 5.74) is 1.38. The Morgan fingerprint density at radius 2 is 1.84 bits per heavy atom. The average Bonchev–Trinajstić information content (AvgIpc) is 3.34. The molecule has 31 heavy (non-hydrogen) atoms. The number of carbonyl (C=O) groups excluding carboxylic acids is 1. The van der Waals surface area contributed by atoms with Crippen molar-refractivity contribution in [2.75, 3.05) is 11.5 Å². The average molecular weight is 453 g/mol. The van der Waals surface area contributed by atoms with Crippen molar-refractivity contribution >= 4 is 51.7 Å². The Kier molecular flexibility index (Phi) is 5.88. The SMILES string of the molecule is CCOc1ccc(N2C(=O)/C(=C/c3ccc(-c4ccc([N+](=O)[O-])cc4)o3)SC2=S)cc1. The molecule has 3 aromatic rings. The fourth-order valence-corrected chi connectivity index (χ4v) is 4.29. The summed E-state index contributed by atoms with van der Waals surface area (Å²) >= 11 is 6.60. The van der Waals surface area contributed by atoms with Crippen LogP contribution in [0, 0.1) is 10.1 Å². The summed E-state index contributed by atoms with van der Waals surface area (Å²) in [5.74, 6) is 1.53. The van der Waals surface area contributed by atoms with Gasteiger partial charge in [0, 0.05) is 23.8 Å². The van der Waals surface area contributed by atoms with E-state index in [0.29, 0.717) is 38.6 Å². The molecule has 1 aliphatic rings. The van der Waals surface area contributed by atoms with Crippen molar-refractivity contribution in [2.45, 2.75) is 6.92 Å². The molecule has 0 N–H and O–H groups in total. The van der Waals surface area contributed by atoms with Gasteiger partial charge in [-0.05, 0) is 55.5 Å². The summed E-state index contributed by atoms with van der Waals surface area (Å²) in [7, 11) is 0. The molecule has 7 nitrogen and oxygen atoms in total. The van der Waals surface area contributed by atoms with Gasteiger partial charge in [-0.25, -0.2) is 0 Å². The zero-order chi connectivity index (χ0) is 22.0. The van der Waals surface area contributed by atoms with Gasteiger partial charge in [-0.2, -0.15) is 0 Å².